The zero-order valence-corrected chi connectivity index (χ0v) is 8.96. The smallest absolute Gasteiger partial charge is 0.253 e. The topological polar surface area (TPSA) is 38.3 Å². The van der Waals surface area contributed by atoms with Gasteiger partial charge in [0.15, 0.2) is 0 Å². The molecular weight excluding hydrogens is 214 g/mol. The molecule has 1 aliphatic rings. The Morgan fingerprint density at radius 1 is 1.53 bits per heavy atom. The van der Waals surface area contributed by atoms with Crippen molar-refractivity contribution in [3.63, 3.8) is 0 Å². The van der Waals surface area contributed by atoms with Crippen LogP contribution in [0.15, 0.2) is 24.3 Å². The summed E-state index contributed by atoms with van der Waals surface area (Å²) in [7, 11) is 0. The van der Waals surface area contributed by atoms with Gasteiger partial charge in [-0.2, -0.15) is 0 Å². The van der Waals surface area contributed by atoms with Crippen LogP contribution in [0.5, 0.6) is 0 Å². The highest BCUT2D eigenvalue weighted by Crippen LogP contribution is 2.17. The number of anilines is 1. The van der Waals surface area contributed by atoms with E-state index in [0.717, 1.165) is 12.8 Å². The number of carbonyl (C=O) groups is 1. The summed E-state index contributed by atoms with van der Waals surface area (Å²) < 4.78 is 5.27. The molecule has 1 aromatic carbocycles. The highest BCUT2D eigenvalue weighted by atomic mass is 35.5. The summed E-state index contributed by atoms with van der Waals surface area (Å²) in [4.78, 5) is 11.6. The lowest BCUT2D eigenvalue weighted by Gasteiger charge is -2.10. The number of ether oxygens (including phenoxy) is 1. The van der Waals surface area contributed by atoms with Crippen molar-refractivity contribution in [1.29, 1.82) is 0 Å². The zero-order valence-electron chi connectivity index (χ0n) is 8.20. The first-order valence-corrected chi connectivity index (χ1v) is 5.31. The predicted molar refractivity (Wildman–Crippen MR) is 59.1 cm³/mol. The minimum Gasteiger partial charge on any atom is -0.368 e. The van der Waals surface area contributed by atoms with Crippen molar-refractivity contribution in [2.45, 2.75) is 18.9 Å². The number of nitrogens with one attached hydrogen (secondary N) is 1. The monoisotopic (exact) mass is 225 g/mol. The van der Waals surface area contributed by atoms with Crippen molar-refractivity contribution in [1.82, 2.24) is 0 Å². The lowest BCUT2D eigenvalue weighted by molar-refractivity contribution is -0.124. The van der Waals surface area contributed by atoms with Crippen LogP contribution in [0.25, 0.3) is 0 Å². The second-order valence-corrected chi connectivity index (χ2v) is 3.94. The third-order valence-electron chi connectivity index (χ3n) is 2.31. The number of carbonyl (C=O) groups excluding carboxylic acids is 1. The maximum atomic E-state index is 11.6. The van der Waals surface area contributed by atoms with Gasteiger partial charge in [0.2, 0.25) is 0 Å². The second kappa shape index (κ2) is 4.64. The standard InChI is InChI=1S/C11H12ClNO2/c12-8-3-1-4-9(7-8)13-11(14)10-5-2-6-15-10/h1,3-4,7,10H,2,5-6H2,(H,13,14)/t10-/m0/s1. The maximum absolute atomic E-state index is 11.6. The summed E-state index contributed by atoms with van der Waals surface area (Å²) in [5.41, 5.74) is 0.711. The van der Waals surface area contributed by atoms with Crippen LogP contribution in [0.2, 0.25) is 5.02 Å². The molecule has 1 aliphatic heterocycles. The summed E-state index contributed by atoms with van der Waals surface area (Å²) in [6, 6.07) is 7.09. The summed E-state index contributed by atoms with van der Waals surface area (Å²) in [5.74, 6) is -0.0882. The van der Waals surface area contributed by atoms with Crippen molar-refractivity contribution < 1.29 is 9.53 Å². The fourth-order valence-electron chi connectivity index (χ4n) is 1.57. The Morgan fingerprint density at radius 2 is 2.40 bits per heavy atom. The number of benzene rings is 1. The van der Waals surface area contributed by atoms with E-state index in [1.807, 2.05) is 0 Å². The van der Waals surface area contributed by atoms with Crippen molar-refractivity contribution in [2.75, 3.05) is 11.9 Å². The lowest BCUT2D eigenvalue weighted by atomic mass is 10.2. The van der Waals surface area contributed by atoms with Crippen LogP contribution in [-0.2, 0) is 9.53 Å². The molecule has 15 heavy (non-hydrogen) atoms. The Morgan fingerprint density at radius 3 is 3.07 bits per heavy atom. The summed E-state index contributed by atoms with van der Waals surface area (Å²) >= 11 is 5.81. The molecule has 1 saturated heterocycles. The quantitative estimate of drug-likeness (QED) is 0.840. The molecule has 1 aromatic rings. The lowest BCUT2D eigenvalue weighted by Crippen LogP contribution is -2.26. The normalized spacial score (nSPS) is 20.2. The SMILES string of the molecule is O=C(Nc1cccc(Cl)c1)[C@@H]1CCCO1. The molecule has 2 rings (SSSR count). The van der Waals surface area contributed by atoms with Gasteiger partial charge in [0, 0.05) is 17.3 Å². The summed E-state index contributed by atoms with van der Waals surface area (Å²) in [6.45, 7) is 0.674. The van der Waals surface area contributed by atoms with E-state index in [1.165, 1.54) is 0 Å². The molecule has 80 valence electrons. The van der Waals surface area contributed by atoms with Crippen molar-refractivity contribution >= 4 is 23.2 Å². The number of rotatable bonds is 2. The van der Waals surface area contributed by atoms with Crippen molar-refractivity contribution in [3.8, 4) is 0 Å². The predicted octanol–water partition coefficient (Wildman–Crippen LogP) is 2.46. The number of amides is 1. The maximum Gasteiger partial charge on any atom is 0.253 e. The first-order chi connectivity index (χ1) is 7.25. The summed E-state index contributed by atoms with van der Waals surface area (Å²) in [6.07, 6.45) is 1.45. The number of halogens is 1. The Bertz CT molecular complexity index is 361. The van der Waals surface area contributed by atoms with E-state index in [0.29, 0.717) is 17.3 Å². The van der Waals surface area contributed by atoms with Crippen LogP contribution in [-0.4, -0.2) is 18.6 Å². The fraction of sp³-hybridized carbons (Fsp3) is 0.364. The van der Waals surface area contributed by atoms with Gasteiger partial charge in [-0.1, -0.05) is 17.7 Å². The van der Waals surface area contributed by atoms with Gasteiger partial charge in [-0.3, -0.25) is 4.79 Å². The zero-order chi connectivity index (χ0) is 10.7. The molecule has 0 aromatic heterocycles. The van der Waals surface area contributed by atoms with Crippen LogP contribution in [0.1, 0.15) is 12.8 Å². The van der Waals surface area contributed by atoms with E-state index >= 15 is 0 Å². The van der Waals surface area contributed by atoms with Crippen molar-refractivity contribution in [3.05, 3.63) is 29.3 Å². The van der Waals surface area contributed by atoms with E-state index in [-0.39, 0.29) is 12.0 Å². The molecule has 0 radical (unpaired) electrons. The molecule has 4 heteroatoms. The highest BCUT2D eigenvalue weighted by Gasteiger charge is 2.23. The van der Waals surface area contributed by atoms with Gasteiger partial charge in [0.05, 0.1) is 0 Å². The van der Waals surface area contributed by atoms with Crippen molar-refractivity contribution in [2.24, 2.45) is 0 Å². The highest BCUT2D eigenvalue weighted by molar-refractivity contribution is 6.30. The Hall–Kier alpha value is -1.06. The van der Waals surface area contributed by atoms with Crippen LogP contribution >= 0.6 is 11.6 Å². The summed E-state index contributed by atoms with van der Waals surface area (Å²) in [5, 5.41) is 3.39. The molecule has 0 aliphatic carbocycles. The van der Waals surface area contributed by atoms with Gasteiger partial charge in [-0.25, -0.2) is 0 Å². The van der Waals surface area contributed by atoms with E-state index < -0.39 is 0 Å². The molecule has 1 atom stereocenters. The minimum absolute atomic E-state index is 0.0882. The average molecular weight is 226 g/mol. The van der Waals surface area contributed by atoms with E-state index in [1.54, 1.807) is 24.3 Å². The first-order valence-electron chi connectivity index (χ1n) is 4.94. The van der Waals surface area contributed by atoms with Gasteiger partial charge in [-0.15, -0.1) is 0 Å². The molecule has 1 N–H and O–H groups in total. The molecule has 1 amide bonds. The van der Waals surface area contributed by atoms with Gasteiger partial charge in [0.1, 0.15) is 6.10 Å². The largest absolute Gasteiger partial charge is 0.368 e. The first kappa shape index (κ1) is 10.5. The van der Waals surface area contributed by atoms with Crippen LogP contribution in [0.4, 0.5) is 5.69 Å². The third-order valence-corrected chi connectivity index (χ3v) is 2.55. The molecule has 0 unspecified atom stereocenters. The van der Waals surface area contributed by atoms with Crippen LogP contribution in [0, 0.1) is 0 Å². The van der Waals surface area contributed by atoms with Gasteiger partial charge in [0.25, 0.3) is 5.91 Å². The van der Waals surface area contributed by atoms with E-state index in [4.69, 9.17) is 16.3 Å². The number of hydrogen-bond acceptors (Lipinski definition) is 2. The van der Waals surface area contributed by atoms with Crippen LogP contribution in [0.3, 0.4) is 0 Å². The average Bonchev–Trinajstić information content (AvgIpc) is 2.70. The molecule has 1 fully saturated rings. The molecule has 0 saturated carbocycles. The van der Waals surface area contributed by atoms with Gasteiger partial charge >= 0.3 is 0 Å². The Kier molecular flexibility index (Phi) is 3.23. The number of hydrogen-bond donors (Lipinski definition) is 1. The molecular formula is C11H12ClNO2. The van der Waals surface area contributed by atoms with Gasteiger partial charge in [-0.05, 0) is 31.0 Å². The van der Waals surface area contributed by atoms with E-state index in [9.17, 15) is 4.79 Å². The van der Waals surface area contributed by atoms with E-state index in [2.05, 4.69) is 5.32 Å². The van der Waals surface area contributed by atoms with Gasteiger partial charge < -0.3 is 10.1 Å². The molecule has 0 bridgehead atoms. The Balaban J connectivity index is 1.99. The molecule has 0 spiro atoms. The fourth-order valence-corrected chi connectivity index (χ4v) is 1.76. The third kappa shape index (κ3) is 2.70. The Labute approximate surface area is 93.4 Å². The van der Waals surface area contributed by atoms with Crippen LogP contribution < -0.4 is 5.32 Å². The second-order valence-electron chi connectivity index (χ2n) is 3.50. The minimum atomic E-state index is -0.302. The molecule has 1 heterocycles. The molecule has 3 nitrogen and oxygen atoms in total.